The van der Waals surface area contributed by atoms with Crippen LogP contribution in [0, 0.1) is 5.41 Å². The number of nitrogens with zero attached hydrogens (tertiary/aromatic N) is 1. The van der Waals surface area contributed by atoms with E-state index in [-0.39, 0.29) is 17.5 Å². The number of carbonyl (C=O) groups excluding carboxylic acids is 2. The third-order valence-corrected chi connectivity index (χ3v) is 9.01. The number of thiazole rings is 1. The number of carbonyl (C=O) groups is 2. The molecule has 7 heteroatoms. The lowest BCUT2D eigenvalue weighted by molar-refractivity contribution is -0.692. The smallest absolute Gasteiger partial charge is 0.407 e. The van der Waals surface area contributed by atoms with E-state index in [1.54, 1.807) is 11.3 Å². The summed E-state index contributed by atoms with van der Waals surface area (Å²) in [6.45, 7) is 4.57. The lowest BCUT2D eigenvalue weighted by atomic mass is 9.70. The first-order valence-electron chi connectivity index (χ1n) is 16.6. The summed E-state index contributed by atoms with van der Waals surface area (Å²) < 4.78 is 13.2. The second-order valence-electron chi connectivity index (χ2n) is 12.0. The highest BCUT2D eigenvalue weighted by atomic mass is 32.1. The highest BCUT2D eigenvalue weighted by Gasteiger charge is 2.39. The van der Waals surface area contributed by atoms with Crippen molar-refractivity contribution >= 4 is 23.4 Å². The fraction of sp³-hybridized carbons (Fsp3) is 0.848. The van der Waals surface area contributed by atoms with Crippen LogP contribution in [0.4, 0.5) is 4.79 Å². The SMILES string of the molecule is CCCCCCCCCCCCCCCCCCNC(=O)OCC1(COC(=O)CCCC[n+]2ccsc2)CCC1. The zero-order valence-corrected chi connectivity index (χ0v) is 26.4. The molecule has 0 aliphatic heterocycles. The van der Waals surface area contributed by atoms with Gasteiger partial charge in [-0.2, -0.15) is 4.57 Å². The quantitative estimate of drug-likeness (QED) is 0.0676. The highest BCUT2D eigenvalue weighted by Crippen LogP contribution is 2.41. The molecule has 0 saturated heterocycles. The van der Waals surface area contributed by atoms with E-state index in [4.69, 9.17) is 9.47 Å². The first-order valence-corrected chi connectivity index (χ1v) is 17.6. The van der Waals surface area contributed by atoms with Crippen LogP contribution in [0.15, 0.2) is 17.1 Å². The summed E-state index contributed by atoms with van der Waals surface area (Å²) in [5.74, 6) is -0.144. The summed E-state index contributed by atoms with van der Waals surface area (Å²) >= 11 is 1.67. The normalized spacial score (nSPS) is 14.0. The van der Waals surface area contributed by atoms with Crippen molar-refractivity contribution < 1.29 is 23.6 Å². The van der Waals surface area contributed by atoms with Crippen LogP contribution in [-0.4, -0.2) is 31.8 Å². The lowest BCUT2D eigenvalue weighted by Gasteiger charge is -2.40. The molecule has 0 bridgehead atoms. The Balaban J connectivity index is 1.35. The number of hydrogen-bond acceptors (Lipinski definition) is 5. The third kappa shape index (κ3) is 17.2. The van der Waals surface area contributed by atoms with Crippen LogP contribution in [0.5, 0.6) is 0 Å². The highest BCUT2D eigenvalue weighted by molar-refractivity contribution is 7.07. The van der Waals surface area contributed by atoms with Gasteiger partial charge in [0.2, 0.25) is 5.51 Å². The monoisotopic (exact) mass is 579 g/mol. The second-order valence-corrected chi connectivity index (χ2v) is 12.8. The number of ether oxygens (including phenoxy) is 2. The van der Waals surface area contributed by atoms with Crippen LogP contribution in [0.25, 0.3) is 0 Å². The van der Waals surface area contributed by atoms with Crippen LogP contribution in [0.2, 0.25) is 0 Å². The largest absolute Gasteiger partial charge is 0.465 e. The molecule has 1 aliphatic rings. The van der Waals surface area contributed by atoms with Gasteiger partial charge >= 0.3 is 12.1 Å². The summed E-state index contributed by atoms with van der Waals surface area (Å²) in [4.78, 5) is 24.3. The molecular weight excluding hydrogens is 520 g/mol. The van der Waals surface area contributed by atoms with E-state index in [9.17, 15) is 9.59 Å². The topological polar surface area (TPSA) is 68.5 Å². The van der Waals surface area contributed by atoms with E-state index < -0.39 is 0 Å². The van der Waals surface area contributed by atoms with Crippen molar-refractivity contribution in [3.63, 3.8) is 0 Å². The predicted molar refractivity (Wildman–Crippen MR) is 165 cm³/mol. The van der Waals surface area contributed by atoms with Gasteiger partial charge in [0.05, 0.1) is 5.38 Å². The summed E-state index contributed by atoms with van der Waals surface area (Å²) in [5, 5.41) is 4.95. The van der Waals surface area contributed by atoms with Gasteiger partial charge in [-0.25, -0.2) is 4.79 Å². The Hall–Kier alpha value is -1.63. The molecule has 1 aliphatic carbocycles. The zero-order chi connectivity index (χ0) is 28.6. The molecule has 1 fully saturated rings. The van der Waals surface area contributed by atoms with E-state index in [2.05, 4.69) is 33.9 Å². The first-order chi connectivity index (χ1) is 19.6. The van der Waals surface area contributed by atoms with E-state index in [1.807, 2.05) is 0 Å². The Bertz CT molecular complexity index is 752. The molecule has 0 aromatic carbocycles. The Labute approximate surface area is 249 Å². The molecule has 0 radical (unpaired) electrons. The van der Waals surface area contributed by atoms with E-state index in [0.717, 1.165) is 51.5 Å². The molecule has 6 nitrogen and oxygen atoms in total. The number of amides is 1. The molecular formula is C33H59N2O4S+. The fourth-order valence-corrected chi connectivity index (χ4v) is 6.03. The molecule has 1 heterocycles. The van der Waals surface area contributed by atoms with Gasteiger partial charge < -0.3 is 14.8 Å². The predicted octanol–water partition coefficient (Wildman–Crippen LogP) is 8.91. The van der Waals surface area contributed by atoms with Gasteiger partial charge in [0.25, 0.3) is 0 Å². The van der Waals surface area contributed by atoms with Crippen LogP contribution >= 0.6 is 11.3 Å². The maximum absolute atomic E-state index is 12.2. The summed E-state index contributed by atoms with van der Waals surface area (Å²) in [6.07, 6.45) is 28.4. The number of hydrogen-bond donors (Lipinski definition) is 1. The lowest BCUT2D eigenvalue weighted by Crippen LogP contribution is -2.41. The average molecular weight is 580 g/mol. The fourth-order valence-electron chi connectivity index (χ4n) is 5.40. The van der Waals surface area contributed by atoms with E-state index >= 15 is 0 Å². The van der Waals surface area contributed by atoms with Crippen molar-refractivity contribution in [2.45, 2.75) is 155 Å². The van der Waals surface area contributed by atoms with Crippen molar-refractivity contribution in [2.75, 3.05) is 19.8 Å². The second kappa shape index (κ2) is 23.0. The molecule has 1 saturated carbocycles. The molecule has 1 aromatic heterocycles. The number of alkyl carbamates (subject to hydrolysis) is 1. The van der Waals surface area contributed by atoms with Crippen molar-refractivity contribution in [3.05, 3.63) is 17.1 Å². The summed E-state index contributed by atoms with van der Waals surface area (Å²) in [7, 11) is 0. The minimum Gasteiger partial charge on any atom is -0.465 e. The summed E-state index contributed by atoms with van der Waals surface area (Å²) in [5.41, 5.74) is 1.89. The molecule has 1 aromatic rings. The van der Waals surface area contributed by atoms with E-state index in [0.29, 0.717) is 26.2 Å². The van der Waals surface area contributed by atoms with Gasteiger partial charge in [-0.1, -0.05) is 121 Å². The van der Waals surface area contributed by atoms with Crippen molar-refractivity contribution in [3.8, 4) is 0 Å². The van der Waals surface area contributed by atoms with E-state index in [1.165, 1.54) is 89.9 Å². The number of aryl methyl sites for hydroxylation is 1. The van der Waals surface area contributed by atoms with Crippen LogP contribution in [-0.2, 0) is 20.8 Å². The zero-order valence-electron chi connectivity index (χ0n) is 25.6. The molecule has 1 N–H and O–H groups in total. The van der Waals surface area contributed by atoms with Crippen LogP contribution in [0.3, 0.4) is 0 Å². The first kappa shape index (κ1) is 34.6. The number of unbranched alkanes of at least 4 members (excludes halogenated alkanes) is 16. The molecule has 2 rings (SSSR count). The molecule has 0 unspecified atom stereocenters. The third-order valence-electron chi connectivity index (χ3n) is 8.34. The van der Waals surface area contributed by atoms with Crippen molar-refractivity contribution in [1.82, 2.24) is 5.32 Å². The van der Waals surface area contributed by atoms with Gasteiger partial charge in [-0.15, -0.1) is 0 Å². The number of rotatable bonds is 26. The Kier molecular flexibility index (Phi) is 19.9. The number of esters is 1. The summed E-state index contributed by atoms with van der Waals surface area (Å²) in [6, 6.07) is 0. The number of nitrogens with one attached hydrogen (secondary N) is 1. The Morgan fingerprint density at radius 1 is 0.775 bits per heavy atom. The standard InChI is InChI=1S/C33H58N2O4S/c1-2-3-4-5-6-7-8-9-10-11-12-13-14-15-16-18-24-34-32(37)39-29-33(22-20-23-33)28-38-31(36)21-17-19-25-35-26-27-40-30-35/h26-27,30H,2-25,28-29H2,1H3/p+1. The average Bonchev–Trinajstić information content (AvgIpc) is 3.46. The maximum Gasteiger partial charge on any atom is 0.407 e. The van der Waals surface area contributed by atoms with Gasteiger partial charge in [0, 0.05) is 24.8 Å². The van der Waals surface area contributed by atoms with Crippen LogP contribution < -0.4 is 9.88 Å². The van der Waals surface area contributed by atoms with Gasteiger partial charge in [-0.3, -0.25) is 4.79 Å². The molecule has 0 spiro atoms. The maximum atomic E-state index is 12.2. The Morgan fingerprint density at radius 3 is 1.88 bits per heavy atom. The minimum atomic E-state index is -0.343. The number of aromatic nitrogens is 1. The van der Waals surface area contributed by atoms with Gasteiger partial charge in [-0.05, 0) is 25.7 Å². The molecule has 40 heavy (non-hydrogen) atoms. The molecule has 1 amide bonds. The van der Waals surface area contributed by atoms with Gasteiger partial charge in [0.1, 0.15) is 19.8 Å². The van der Waals surface area contributed by atoms with Gasteiger partial charge in [0.15, 0.2) is 6.20 Å². The van der Waals surface area contributed by atoms with Crippen LogP contribution in [0.1, 0.15) is 148 Å². The van der Waals surface area contributed by atoms with Crippen molar-refractivity contribution in [1.29, 1.82) is 0 Å². The Morgan fingerprint density at radius 2 is 1.35 bits per heavy atom. The van der Waals surface area contributed by atoms with Crippen molar-refractivity contribution in [2.24, 2.45) is 5.41 Å². The minimum absolute atomic E-state index is 0.144. The molecule has 0 atom stereocenters. The molecule has 230 valence electrons.